The summed E-state index contributed by atoms with van der Waals surface area (Å²) in [7, 11) is 0. The molecule has 0 saturated carbocycles. The van der Waals surface area contributed by atoms with E-state index < -0.39 is 0 Å². The Kier molecular flexibility index (Phi) is 4.25. The summed E-state index contributed by atoms with van der Waals surface area (Å²) in [6.45, 7) is 4.07. The molecule has 1 N–H and O–H groups in total. The lowest BCUT2D eigenvalue weighted by Crippen LogP contribution is -2.37. The molecule has 0 aromatic heterocycles. The van der Waals surface area contributed by atoms with Crippen LogP contribution in [0.15, 0.2) is 18.2 Å². The quantitative estimate of drug-likeness (QED) is 0.853. The number of aryl methyl sites for hydroxylation is 1. The standard InChI is InChI=1S/C14H18ClNO2/c1-3-18-14(17)9(2)16-13-7-4-10-8-11(15)5-6-12(10)13/h5-6,8-9,13,16H,3-4,7H2,1-2H3. The van der Waals surface area contributed by atoms with Gasteiger partial charge in [0.05, 0.1) is 6.61 Å². The van der Waals surface area contributed by atoms with Gasteiger partial charge in [0.1, 0.15) is 6.04 Å². The normalized spacial score (nSPS) is 19.4. The van der Waals surface area contributed by atoms with Crippen LogP contribution in [0, 0.1) is 0 Å². The molecule has 3 nitrogen and oxygen atoms in total. The molecule has 2 rings (SSSR count). The number of esters is 1. The van der Waals surface area contributed by atoms with E-state index in [-0.39, 0.29) is 18.1 Å². The van der Waals surface area contributed by atoms with E-state index in [9.17, 15) is 4.79 Å². The molecular weight excluding hydrogens is 250 g/mol. The second-order valence-corrected chi connectivity index (χ2v) is 5.01. The summed E-state index contributed by atoms with van der Waals surface area (Å²) >= 11 is 5.97. The molecule has 0 amide bonds. The number of carbonyl (C=O) groups excluding carboxylic acids is 1. The molecule has 1 aliphatic rings. The van der Waals surface area contributed by atoms with Crippen molar-refractivity contribution in [2.45, 2.75) is 38.8 Å². The molecule has 2 unspecified atom stereocenters. The molecule has 0 saturated heterocycles. The van der Waals surface area contributed by atoms with Gasteiger partial charge in [0, 0.05) is 11.1 Å². The number of carbonyl (C=O) groups is 1. The van der Waals surface area contributed by atoms with Crippen LogP contribution >= 0.6 is 11.6 Å². The average Bonchev–Trinajstić information content (AvgIpc) is 2.72. The zero-order valence-corrected chi connectivity index (χ0v) is 11.5. The van der Waals surface area contributed by atoms with Crippen LogP contribution in [-0.2, 0) is 16.0 Å². The van der Waals surface area contributed by atoms with Crippen LogP contribution in [0.25, 0.3) is 0 Å². The Morgan fingerprint density at radius 1 is 1.61 bits per heavy atom. The van der Waals surface area contributed by atoms with E-state index in [1.54, 1.807) is 0 Å². The van der Waals surface area contributed by atoms with Crippen LogP contribution < -0.4 is 5.32 Å². The lowest BCUT2D eigenvalue weighted by Gasteiger charge is -2.19. The first-order valence-corrected chi connectivity index (χ1v) is 6.70. The first-order chi connectivity index (χ1) is 8.61. The maximum Gasteiger partial charge on any atom is 0.322 e. The average molecular weight is 268 g/mol. The lowest BCUT2D eigenvalue weighted by atomic mass is 10.1. The van der Waals surface area contributed by atoms with Gasteiger partial charge in [-0.1, -0.05) is 17.7 Å². The molecule has 4 heteroatoms. The van der Waals surface area contributed by atoms with Crippen LogP contribution in [0.4, 0.5) is 0 Å². The molecule has 0 heterocycles. The zero-order chi connectivity index (χ0) is 13.1. The van der Waals surface area contributed by atoms with Gasteiger partial charge >= 0.3 is 5.97 Å². The second kappa shape index (κ2) is 5.72. The predicted molar refractivity (Wildman–Crippen MR) is 71.7 cm³/mol. The first-order valence-electron chi connectivity index (χ1n) is 6.32. The third-order valence-corrected chi connectivity index (χ3v) is 3.51. The highest BCUT2D eigenvalue weighted by Crippen LogP contribution is 2.33. The Morgan fingerprint density at radius 2 is 2.39 bits per heavy atom. The Morgan fingerprint density at radius 3 is 3.11 bits per heavy atom. The summed E-state index contributed by atoms with van der Waals surface area (Å²) in [5.74, 6) is -0.195. The van der Waals surface area contributed by atoms with E-state index in [1.807, 2.05) is 32.0 Å². The van der Waals surface area contributed by atoms with Crippen molar-refractivity contribution in [3.63, 3.8) is 0 Å². The van der Waals surface area contributed by atoms with Crippen LogP contribution in [0.1, 0.15) is 37.4 Å². The Labute approximate surface area is 112 Å². The maximum absolute atomic E-state index is 11.6. The third-order valence-electron chi connectivity index (χ3n) is 3.27. The van der Waals surface area contributed by atoms with Crippen LogP contribution in [0.5, 0.6) is 0 Å². The SMILES string of the molecule is CCOC(=O)C(C)NC1CCc2cc(Cl)ccc21. The lowest BCUT2D eigenvalue weighted by molar-refractivity contribution is -0.145. The van der Waals surface area contributed by atoms with Crippen molar-refractivity contribution in [2.24, 2.45) is 0 Å². The molecule has 1 aliphatic carbocycles. The molecule has 2 atom stereocenters. The van der Waals surface area contributed by atoms with Gasteiger partial charge in [-0.25, -0.2) is 0 Å². The van der Waals surface area contributed by atoms with Gasteiger partial charge in [0.25, 0.3) is 0 Å². The van der Waals surface area contributed by atoms with Gasteiger partial charge in [-0.15, -0.1) is 0 Å². The summed E-state index contributed by atoms with van der Waals surface area (Å²) in [6, 6.07) is 5.89. The molecule has 0 aliphatic heterocycles. The molecule has 0 fully saturated rings. The maximum atomic E-state index is 11.6. The summed E-state index contributed by atoms with van der Waals surface area (Å²) in [6.07, 6.45) is 2.00. The fourth-order valence-corrected chi connectivity index (χ4v) is 2.59. The van der Waals surface area contributed by atoms with Gasteiger partial charge in [0.2, 0.25) is 0 Å². The highest BCUT2D eigenvalue weighted by atomic mass is 35.5. The number of fused-ring (bicyclic) bond motifs is 1. The number of halogens is 1. The van der Waals surface area contributed by atoms with Gasteiger partial charge < -0.3 is 4.74 Å². The van der Waals surface area contributed by atoms with Crippen molar-refractivity contribution in [1.82, 2.24) is 5.32 Å². The smallest absolute Gasteiger partial charge is 0.322 e. The number of rotatable bonds is 4. The number of hydrogen-bond donors (Lipinski definition) is 1. The van der Waals surface area contributed by atoms with E-state index in [4.69, 9.17) is 16.3 Å². The van der Waals surface area contributed by atoms with E-state index in [0.29, 0.717) is 6.61 Å². The number of hydrogen-bond acceptors (Lipinski definition) is 3. The van der Waals surface area contributed by atoms with E-state index >= 15 is 0 Å². The Bertz CT molecular complexity index is 447. The fourth-order valence-electron chi connectivity index (χ4n) is 2.40. The number of ether oxygens (including phenoxy) is 1. The third kappa shape index (κ3) is 2.85. The highest BCUT2D eigenvalue weighted by Gasteiger charge is 2.26. The Hall–Kier alpha value is -1.06. The first kappa shape index (κ1) is 13.4. The minimum atomic E-state index is -0.281. The van der Waals surface area contributed by atoms with Crippen molar-refractivity contribution < 1.29 is 9.53 Å². The molecule has 18 heavy (non-hydrogen) atoms. The molecule has 0 bridgehead atoms. The van der Waals surface area contributed by atoms with Gasteiger partial charge in [-0.05, 0) is 49.9 Å². The minimum Gasteiger partial charge on any atom is -0.465 e. The molecule has 1 aromatic carbocycles. The molecular formula is C14H18ClNO2. The summed E-state index contributed by atoms with van der Waals surface area (Å²) in [5, 5.41) is 4.09. The monoisotopic (exact) mass is 267 g/mol. The van der Waals surface area contributed by atoms with Gasteiger partial charge in [0.15, 0.2) is 0 Å². The predicted octanol–water partition coefficient (Wildman–Crippen LogP) is 2.87. The summed E-state index contributed by atoms with van der Waals surface area (Å²) in [4.78, 5) is 11.6. The second-order valence-electron chi connectivity index (χ2n) is 4.57. The van der Waals surface area contributed by atoms with Crippen LogP contribution in [-0.4, -0.2) is 18.6 Å². The highest BCUT2D eigenvalue weighted by molar-refractivity contribution is 6.30. The van der Waals surface area contributed by atoms with Crippen LogP contribution in [0.2, 0.25) is 5.02 Å². The zero-order valence-electron chi connectivity index (χ0n) is 10.7. The molecule has 0 spiro atoms. The van der Waals surface area contributed by atoms with E-state index in [2.05, 4.69) is 5.32 Å². The largest absolute Gasteiger partial charge is 0.465 e. The van der Waals surface area contributed by atoms with Crippen molar-refractivity contribution in [3.8, 4) is 0 Å². The Balaban J connectivity index is 2.03. The van der Waals surface area contributed by atoms with Crippen molar-refractivity contribution in [3.05, 3.63) is 34.3 Å². The van der Waals surface area contributed by atoms with Crippen molar-refractivity contribution in [1.29, 1.82) is 0 Å². The fraction of sp³-hybridized carbons (Fsp3) is 0.500. The number of benzene rings is 1. The van der Waals surface area contributed by atoms with E-state index in [1.165, 1.54) is 11.1 Å². The topological polar surface area (TPSA) is 38.3 Å². The van der Waals surface area contributed by atoms with Crippen molar-refractivity contribution >= 4 is 17.6 Å². The van der Waals surface area contributed by atoms with Gasteiger partial charge in [-0.2, -0.15) is 0 Å². The van der Waals surface area contributed by atoms with Gasteiger partial charge in [-0.3, -0.25) is 10.1 Å². The summed E-state index contributed by atoms with van der Waals surface area (Å²) < 4.78 is 5.00. The van der Waals surface area contributed by atoms with E-state index in [0.717, 1.165) is 17.9 Å². The molecule has 98 valence electrons. The molecule has 1 aromatic rings. The number of nitrogens with one attached hydrogen (secondary N) is 1. The van der Waals surface area contributed by atoms with Crippen LogP contribution in [0.3, 0.4) is 0 Å². The van der Waals surface area contributed by atoms with Crippen molar-refractivity contribution in [2.75, 3.05) is 6.61 Å². The molecule has 0 radical (unpaired) electrons. The minimum absolute atomic E-state index is 0.195. The summed E-state index contributed by atoms with van der Waals surface area (Å²) in [5.41, 5.74) is 2.52.